The van der Waals surface area contributed by atoms with Gasteiger partial charge in [0, 0.05) is 7.11 Å². The molecule has 0 bridgehead atoms. The first-order chi connectivity index (χ1) is 5.57. The van der Waals surface area contributed by atoms with Gasteiger partial charge in [-0.25, -0.2) is 0 Å². The molecule has 5 nitrogen and oxygen atoms in total. The highest BCUT2D eigenvalue weighted by Crippen LogP contribution is 2.20. The summed E-state index contributed by atoms with van der Waals surface area (Å²) in [6.07, 6.45) is -4.76. The highest BCUT2D eigenvalue weighted by Gasteiger charge is 2.41. The second kappa shape index (κ2) is 3.68. The van der Waals surface area contributed by atoms with Gasteiger partial charge in [0.2, 0.25) is 0 Å². The molecule has 1 aliphatic heterocycles. The van der Waals surface area contributed by atoms with Crippen molar-refractivity contribution in [1.29, 1.82) is 0 Å². The minimum atomic E-state index is -1.18. The van der Waals surface area contributed by atoms with E-state index in [1.54, 1.807) is 6.92 Å². The van der Waals surface area contributed by atoms with Crippen LogP contribution in [0.25, 0.3) is 0 Å². The van der Waals surface area contributed by atoms with Gasteiger partial charge in [-0.2, -0.15) is 0 Å². The fourth-order valence-corrected chi connectivity index (χ4v) is 1.27. The van der Waals surface area contributed by atoms with Crippen molar-refractivity contribution >= 4 is 0 Å². The average Bonchev–Trinajstić information content (AvgIpc) is 2.01. The van der Waals surface area contributed by atoms with Crippen LogP contribution < -0.4 is 0 Å². The Balaban J connectivity index is 2.65. The molecule has 0 amide bonds. The van der Waals surface area contributed by atoms with Gasteiger partial charge in [0.05, 0.1) is 6.10 Å². The smallest absolute Gasteiger partial charge is 0.184 e. The molecule has 1 heterocycles. The number of aliphatic hydroxyl groups is 3. The molecule has 1 aliphatic rings. The molecule has 0 aromatic rings. The number of methoxy groups -OCH3 is 1. The van der Waals surface area contributed by atoms with Gasteiger partial charge >= 0.3 is 0 Å². The standard InChI is InChI=1S/C7H14O5/c1-3-4(8)5(9)6(11-2)7(10)12-3/h3-10H,1-2H3/t3-,4-,5+,6+,7+/m1/s1. The lowest BCUT2D eigenvalue weighted by atomic mass is 10.00. The van der Waals surface area contributed by atoms with Crippen molar-refractivity contribution in [3.63, 3.8) is 0 Å². The van der Waals surface area contributed by atoms with Crippen LogP contribution in [0.1, 0.15) is 6.92 Å². The second-order valence-corrected chi connectivity index (χ2v) is 2.91. The fraction of sp³-hybridized carbons (Fsp3) is 1.00. The van der Waals surface area contributed by atoms with Crippen molar-refractivity contribution in [2.45, 2.75) is 37.6 Å². The van der Waals surface area contributed by atoms with Crippen molar-refractivity contribution in [3.05, 3.63) is 0 Å². The third-order valence-corrected chi connectivity index (χ3v) is 2.07. The van der Waals surface area contributed by atoms with E-state index >= 15 is 0 Å². The molecular formula is C7H14O5. The van der Waals surface area contributed by atoms with Crippen molar-refractivity contribution < 1.29 is 24.8 Å². The van der Waals surface area contributed by atoms with Gasteiger partial charge < -0.3 is 24.8 Å². The normalized spacial score (nSPS) is 49.2. The third-order valence-electron chi connectivity index (χ3n) is 2.07. The lowest BCUT2D eigenvalue weighted by Gasteiger charge is -2.38. The van der Waals surface area contributed by atoms with Crippen molar-refractivity contribution in [2.75, 3.05) is 7.11 Å². The zero-order valence-corrected chi connectivity index (χ0v) is 7.04. The van der Waals surface area contributed by atoms with Gasteiger partial charge in [0.15, 0.2) is 6.29 Å². The molecule has 0 aromatic carbocycles. The maximum Gasteiger partial charge on any atom is 0.184 e. The molecule has 5 heteroatoms. The number of hydrogen-bond acceptors (Lipinski definition) is 5. The summed E-state index contributed by atoms with van der Waals surface area (Å²) in [5.41, 5.74) is 0. The number of hydrogen-bond donors (Lipinski definition) is 3. The predicted octanol–water partition coefficient (Wildman–Crippen LogP) is -1.54. The van der Waals surface area contributed by atoms with Gasteiger partial charge in [-0.05, 0) is 6.92 Å². The van der Waals surface area contributed by atoms with Crippen LogP contribution in [0, 0.1) is 0 Å². The molecule has 0 saturated carbocycles. The maximum absolute atomic E-state index is 9.36. The molecule has 0 aromatic heterocycles. The SMILES string of the molecule is CO[C@H]1[C@@H](O)[C@H](O)[C@@H](C)O[C@@H]1O. The first-order valence-electron chi connectivity index (χ1n) is 3.80. The first-order valence-corrected chi connectivity index (χ1v) is 3.80. The Kier molecular flexibility index (Phi) is 3.03. The Morgan fingerprint density at radius 3 is 2.25 bits per heavy atom. The Hall–Kier alpha value is -0.200. The van der Waals surface area contributed by atoms with Crippen LogP contribution in [0.4, 0.5) is 0 Å². The minimum absolute atomic E-state index is 0.582. The number of aliphatic hydroxyl groups excluding tert-OH is 3. The molecule has 3 N–H and O–H groups in total. The van der Waals surface area contributed by atoms with Crippen molar-refractivity contribution in [1.82, 2.24) is 0 Å². The van der Waals surface area contributed by atoms with Gasteiger partial charge in [-0.1, -0.05) is 0 Å². The predicted molar refractivity (Wildman–Crippen MR) is 39.4 cm³/mol. The average molecular weight is 178 g/mol. The van der Waals surface area contributed by atoms with E-state index in [1.165, 1.54) is 7.11 Å². The van der Waals surface area contributed by atoms with Crippen LogP contribution in [0.5, 0.6) is 0 Å². The molecule has 1 fully saturated rings. The highest BCUT2D eigenvalue weighted by molar-refractivity contribution is 4.87. The molecule has 0 unspecified atom stereocenters. The molecule has 0 spiro atoms. The van der Waals surface area contributed by atoms with E-state index in [4.69, 9.17) is 9.47 Å². The second-order valence-electron chi connectivity index (χ2n) is 2.91. The van der Waals surface area contributed by atoms with E-state index in [2.05, 4.69) is 0 Å². The summed E-state index contributed by atoms with van der Waals surface area (Å²) in [7, 11) is 1.34. The van der Waals surface area contributed by atoms with Gasteiger partial charge in [-0.15, -0.1) is 0 Å². The van der Waals surface area contributed by atoms with Gasteiger partial charge in [0.1, 0.15) is 18.3 Å². The lowest BCUT2D eigenvalue weighted by molar-refractivity contribution is -0.283. The van der Waals surface area contributed by atoms with E-state index < -0.39 is 30.7 Å². The molecule has 72 valence electrons. The van der Waals surface area contributed by atoms with E-state index in [0.29, 0.717) is 0 Å². The van der Waals surface area contributed by atoms with Crippen LogP contribution >= 0.6 is 0 Å². The molecule has 1 saturated heterocycles. The molecule has 12 heavy (non-hydrogen) atoms. The Bertz CT molecular complexity index is 151. The summed E-state index contributed by atoms with van der Waals surface area (Å²) in [4.78, 5) is 0. The topological polar surface area (TPSA) is 79.2 Å². The van der Waals surface area contributed by atoms with E-state index in [9.17, 15) is 15.3 Å². The largest absolute Gasteiger partial charge is 0.388 e. The maximum atomic E-state index is 9.36. The van der Waals surface area contributed by atoms with Crippen LogP contribution in [0.3, 0.4) is 0 Å². The molecular weight excluding hydrogens is 164 g/mol. The summed E-state index contributed by atoms with van der Waals surface area (Å²) < 4.78 is 9.64. The summed E-state index contributed by atoms with van der Waals surface area (Å²) in [5.74, 6) is 0. The lowest BCUT2D eigenvalue weighted by Crippen LogP contribution is -2.57. The molecule has 5 atom stereocenters. The summed E-state index contributed by atoms with van der Waals surface area (Å²) in [5, 5.41) is 27.9. The van der Waals surface area contributed by atoms with Crippen LogP contribution in [0.2, 0.25) is 0 Å². The minimum Gasteiger partial charge on any atom is -0.388 e. The Morgan fingerprint density at radius 1 is 1.17 bits per heavy atom. The third kappa shape index (κ3) is 1.60. The van der Waals surface area contributed by atoms with E-state index in [1.807, 2.05) is 0 Å². The molecule has 1 rings (SSSR count). The Labute approximate surface area is 70.5 Å². The monoisotopic (exact) mass is 178 g/mol. The van der Waals surface area contributed by atoms with Gasteiger partial charge in [0.25, 0.3) is 0 Å². The number of rotatable bonds is 1. The Morgan fingerprint density at radius 2 is 1.75 bits per heavy atom. The zero-order valence-electron chi connectivity index (χ0n) is 7.04. The first kappa shape index (κ1) is 9.88. The summed E-state index contributed by atoms with van der Waals surface area (Å²) >= 11 is 0. The quantitative estimate of drug-likeness (QED) is 0.453. The van der Waals surface area contributed by atoms with Crippen LogP contribution in [-0.2, 0) is 9.47 Å². The molecule has 0 aliphatic carbocycles. The number of ether oxygens (including phenoxy) is 2. The fourth-order valence-electron chi connectivity index (χ4n) is 1.27. The molecule has 0 radical (unpaired) electrons. The van der Waals surface area contributed by atoms with Gasteiger partial charge in [-0.3, -0.25) is 0 Å². The highest BCUT2D eigenvalue weighted by atomic mass is 16.7. The zero-order chi connectivity index (χ0) is 9.30. The van der Waals surface area contributed by atoms with Crippen LogP contribution in [0.15, 0.2) is 0 Å². The summed E-state index contributed by atoms with van der Waals surface area (Å²) in [6.45, 7) is 1.57. The van der Waals surface area contributed by atoms with E-state index in [0.717, 1.165) is 0 Å². The van der Waals surface area contributed by atoms with Crippen molar-refractivity contribution in [2.24, 2.45) is 0 Å². The van der Waals surface area contributed by atoms with Crippen molar-refractivity contribution in [3.8, 4) is 0 Å². The van der Waals surface area contributed by atoms with Crippen LogP contribution in [-0.4, -0.2) is 53.1 Å². The van der Waals surface area contributed by atoms with E-state index in [-0.39, 0.29) is 0 Å². The summed E-state index contributed by atoms with van der Waals surface area (Å²) in [6, 6.07) is 0.